The minimum absolute atomic E-state index is 0.0340. The van der Waals surface area contributed by atoms with E-state index >= 15 is 0 Å². The van der Waals surface area contributed by atoms with E-state index < -0.39 is 5.60 Å². The molecule has 0 saturated carbocycles. The van der Waals surface area contributed by atoms with Gasteiger partial charge in [0.1, 0.15) is 16.9 Å². The fourth-order valence-electron chi connectivity index (χ4n) is 3.53. The quantitative estimate of drug-likeness (QED) is 0.864. The van der Waals surface area contributed by atoms with Crippen LogP contribution in [-0.4, -0.2) is 51.4 Å². The third-order valence-corrected chi connectivity index (χ3v) is 5.53. The molecule has 1 fully saturated rings. The maximum absolute atomic E-state index is 12.5. The van der Waals surface area contributed by atoms with Crippen LogP contribution in [0.5, 0.6) is 5.75 Å². The van der Waals surface area contributed by atoms with Crippen LogP contribution in [0.1, 0.15) is 36.0 Å². The number of Topliss-reactive ketones (excluding diaryl/α,β-unsaturated/α-hetero) is 1. The molecule has 2 amide bonds. The number of benzene rings is 1. The first-order chi connectivity index (χ1) is 13.0. The number of aromatic nitrogens is 2. The zero-order valence-corrected chi connectivity index (χ0v) is 15.3. The van der Waals surface area contributed by atoms with E-state index in [0.717, 1.165) is 0 Å². The molecule has 1 saturated heterocycles. The van der Waals surface area contributed by atoms with Gasteiger partial charge in [0, 0.05) is 19.4 Å². The third-order valence-electron chi connectivity index (χ3n) is 4.92. The van der Waals surface area contributed by atoms with Crippen LogP contribution in [-0.2, 0) is 9.59 Å². The second-order valence-electron chi connectivity index (χ2n) is 6.74. The molecule has 0 radical (unpaired) electrons. The molecule has 1 N–H and O–H groups in total. The van der Waals surface area contributed by atoms with Crippen molar-refractivity contribution in [3.63, 3.8) is 0 Å². The number of carbonyl (C=O) groups excluding carboxylic acids is 3. The molecule has 27 heavy (non-hydrogen) atoms. The molecule has 2 aromatic rings. The fraction of sp³-hybridized carbons (Fsp3) is 0.389. The monoisotopic (exact) mass is 386 g/mol. The molecule has 8 nitrogen and oxygen atoms in total. The van der Waals surface area contributed by atoms with Crippen LogP contribution in [0.2, 0.25) is 0 Å². The van der Waals surface area contributed by atoms with Gasteiger partial charge in [0.25, 0.3) is 0 Å². The number of nitrogens with one attached hydrogen (secondary N) is 1. The smallest absolute Gasteiger partial charge is 0.245 e. The Kier molecular flexibility index (Phi) is 4.61. The topological polar surface area (TPSA) is 101 Å². The maximum Gasteiger partial charge on any atom is 0.245 e. The standard InChI is InChI=1S/C18H18N4O4S/c23-13-9-18(26-14-4-2-1-3-12(13)14)6-5-16(25)22(8-7-18)10-15(24)20-17-21-19-11-27-17/h1-4,11H,5-10H2,(H,20,21,24). The number of ketones is 1. The number of fused-ring (bicyclic) bond motifs is 1. The van der Waals surface area contributed by atoms with Crippen LogP contribution in [0.4, 0.5) is 5.13 Å². The predicted molar refractivity (Wildman–Crippen MR) is 97.7 cm³/mol. The summed E-state index contributed by atoms with van der Waals surface area (Å²) >= 11 is 1.21. The second-order valence-corrected chi connectivity index (χ2v) is 7.57. The summed E-state index contributed by atoms with van der Waals surface area (Å²) in [4.78, 5) is 38.7. The molecule has 1 atom stereocenters. The number of hydrogen-bond acceptors (Lipinski definition) is 7. The van der Waals surface area contributed by atoms with Crippen molar-refractivity contribution in [2.45, 2.75) is 31.3 Å². The van der Waals surface area contributed by atoms with Gasteiger partial charge >= 0.3 is 0 Å². The Morgan fingerprint density at radius 2 is 2.15 bits per heavy atom. The Hall–Kier alpha value is -2.81. The number of para-hydroxylation sites is 1. The summed E-state index contributed by atoms with van der Waals surface area (Å²) < 4.78 is 6.18. The lowest BCUT2D eigenvalue weighted by Gasteiger charge is -2.37. The van der Waals surface area contributed by atoms with Crippen LogP contribution in [0, 0.1) is 0 Å². The normalized spacial score (nSPS) is 22.1. The SMILES string of the molecule is O=C(CN1CCC2(CCC1=O)CC(=O)c1ccccc1O2)Nc1nncs1. The Morgan fingerprint density at radius 1 is 1.30 bits per heavy atom. The Bertz CT molecular complexity index is 885. The van der Waals surface area contributed by atoms with Gasteiger partial charge in [-0.05, 0) is 18.6 Å². The van der Waals surface area contributed by atoms with Crippen molar-refractivity contribution in [2.24, 2.45) is 0 Å². The van der Waals surface area contributed by atoms with Gasteiger partial charge in [-0.2, -0.15) is 0 Å². The van der Waals surface area contributed by atoms with Crippen molar-refractivity contribution in [3.8, 4) is 5.75 Å². The number of ether oxygens (including phenoxy) is 1. The lowest BCUT2D eigenvalue weighted by Crippen LogP contribution is -2.43. The third kappa shape index (κ3) is 3.68. The molecule has 0 bridgehead atoms. The predicted octanol–water partition coefficient (Wildman–Crippen LogP) is 1.89. The van der Waals surface area contributed by atoms with E-state index in [0.29, 0.717) is 35.8 Å². The van der Waals surface area contributed by atoms with E-state index in [4.69, 9.17) is 4.74 Å². The Morgan fingerprint density at radius 3 is 2.96 bits per heavy atom. The highest BCUT2D eigenvalue weighted by Gasteiger charge is 2.43. The minimum atomic E-state index is -0.689. The average molecular weight is 386 g/mol. The molecule has 4 rings (SSSR count). The first kappa shape index (κ1) is 17.6. The van der Waals surface area contributed by atoms with E-state index in [1.807, 2.05) is 12.1 Å². The summed E-state index contributed by atoms with van der Waals surface area (Å²) in [6.07, 6.45) is 1.45. The van der Waals surface area contributed by atoms with Gasteiger partial charge in [0.05, 0.1) is 18.5 Å². The van der Waals surface area contributed by atoms with Gasteiger partial charge < -0.3 is 9.64 Å². The van der Waals surface area contributed by atoms with Crippen LogP contribution in [0.3, 0.4) is 0 Å². The van der Waals surface area contributed by atoms with Gasteiger partial charge in [-0.15, -0.1) is 10.2 Å². The van der Waals surface area contributed by atoms with Crippen molar-refractivity contribution in [1.82, 2.24) is 15.1 Å². The van der Waals surface area contributed by atoms with Crippen molar-refractivity contribution in [1.29, 1.82) is 0 Å². The maximum atomic E-state index is 12.5. The van der Waals surface area contributed by atoms with E-state index in [-0.39, 0.29) is 37.0 Å². The van der Waals surface area contributed by atoms with Crippen LogP contribution in [0.25, 0.3) is 0 Å². The molecule has 9 heteroatoms. The minimum Gasteiger partial charge on any atom is -0.486 e. The van der Waals surface area contributed by atoms with E-state index in [1.54, 1.807) is 12.1 Å². The highest BCUT2D eigenvalue weighted by Crippen LogP contribution is 2.39. The van der Waals surface area contributed by atoms with Crippen LogP contribution >= 0.6 is 11.3 Å². The molecular formula is C18H18N4O4S. The number of amides is 2. The Labute approximate surface area is 159 Å². The van der Waals surface area contributed by atoms with Crippen molar-refractivity contribution in [2.75, 3.05) is 18.4 Å². The Balaban J connectivity index is 1.44. The lowest BCUT2D eigenvalue weighted by atomic mass is 9.84. The highest BCUT2D eigenvalue weighted by atomic mass is 32.1. The van der Waals surface area contributed by atoms with Gasteiger partial charge in [-0.25, -0.2) is 0 Å². The van der Waals surface area contributed by atoms with Gasteiger partial charge in [0.15, 0.2) is 5.78 Å². The van der Waals surface area contributed by atoms with E-state index in [1.165, 1.54) is 21.7 Å². The number of rotatable bonds is 3. The van der Waals surface area contributed by atoms with Gasteiger partial charge in [-0.1, -0.05) is 23.5 Å². The first-order valence-corrected chi connectivity index (χ1v) is 9.58. The number of anilines is 1. The van der Waals surface area contributed by atoms with Crippen LogP contribution < -0.4 is 10.1 Å². The zero-order valence-electron chi connectivity index (χ0n) is 14.5. The summed E-state index contributed by atoms with van der Waals surface area (Å²) in [7, 11) is 0. The summed E-state index contributed by atoms with van der Waals surface area (Å²) in [5.74, 6) is 0.173. The van der Waals surface area contributed by atoms with Crippen molar-refractivity contribution in [3.05, 3.63) is 35.3 Å². The van der Waals surface area contributed by atoms with E-state index in [2.05, 4.69) is 15.5 Å². The van der Waals surface area contributed by atoms with Crippen molar-refractivity contribution >= 4 is 34.1 Å². The highest BCUT2D eigenvalue weighted by molar-refractivity contribution is 7.13. The largest absolute Gasteiger partial charge is 0.486 e. The van der Waals surface area contributed by atoms with Gasteiger partial charge in [-0.3, -0.25) is 19.7 Å². The number of likely N-dealkylation sites (tertiary alicyclic amines) is 1. The fourth-order valence-corrected chi connectivity index (χ4v) is 3.99. The van der Waals surface area contributed by atoms with Crippen molar-refractivity contribution < 1.29 is 19.1 Å². The molecule has 0 aliphatic carbocycles. The first-order valence-electron chi connectivity index (χ1n) is 8.70. The number of carbonyl (C=O) groups is 3. The second kappa shape index (κ2) is 7.07. The molecule has 3 heterocycles. The summed E-state index contributed by atoms with van der Waals surface area (Å²) in [5.41, 5.74) is 1.42. The van der Waals surface area contributed by atoms with Gasteiger partial charge in [0.2, 0.25) is 16.9 Å². The average Bonchev–Trinajstić information content (AvgIpc) is 3.11. The lowest BCUT2D eigenvalue weighted by molar-refractivity contribution is -0.134. The summed E-state index contributed by atoms with van der Waals surface area (Å²) in [5, 5.41) is 10.4. The molecule has 1 aromatic heterocycles. The zero-order chi connectivity index (χ0) is 18.9. The molecule has 2 aliphatic heterocycles. The molecule has 1 unspecified atom stereocenters. The molecule has 1 spiro atoms. The molecular weight excluding hydrogens is 368 g/mol. The number of nitrogens with zero attached hydrogens (tertiary/aromatic N) is 3. The molecule has 2 aliphatic rings. The van der Waals surface area contributed by atoms with Crippen LogP contribution in [0.15, 0.2) is 29.8 Å². The summed E-state index contributed by atoms with van der Waals surface area (Å²) in [6.45, 7) is 0.302. The number of hydrogen-bond donors (Lipinski definition) is 1. The summed E-state index contributed by atoms with van der Waals surface area (Å²) in [6, 6.07) is 7.19. The molecule has 140 valence electrons. The molecule has 1 aromatic carbocycles. The van der Waals surface area contributed by atoms with E-state index in [9.17, 15) is 14.4 Å².